The zero-order valence-electron chi connectivity index (χ0n) is 21.3. The van der Waals surface area contributed by atoms with E-state index in [-0.39, 0.29) is 56.9 Å². The molecule has 2 fully saturated rings. The lowest BCUT2D eigenvalue weighted by molar-refractivity contribution is -0.144. The SMILES string of the molecule is CCCCN(CCN)C(=O)CN1C[C@H](c2ccc3c(c2)OCO3)[C@@H](C(=O)O)[C@@H]1CCN1C(=O)CCC1=O. The number of ether oxygens (including phenoxy) is 2. The van der Waals surface area contributed by atoms with Gasteiger partial charge in [0.05, 0.1) is 12.5 Å². The van der Waals surface area contributed by atoms with Crippen LogP contribution in [0.3, 0.4) is 0 Å². The Morgan fingerprint density at radius 3 is 2.54 bits per heavy atom. The maximum atomic E-state index is 13.3. The molecular formula is C26H36N4O7. The minimum Gasteiger partial charge on any atom is -0.481 e. The fourth-order valence-corrected chi connectivity index (χ4v) is 5.61. The van der Waals surface area contributed by atoms with Gasteiger partial charge in [0.15, 0.2) is 11.5 Å². The van der Waals surface area contributed by atoms with Crippen LogP contribution in [0.25, 0.3) is 0 Å². The second-order valence-electron chi connectivity index (χ2n) is 9.83. The van der Waals surface area contributed by atoms with Gasteiger partial charge in [0, 0.05) is 57.5 Å². The lowest BCUT2D eigenvalue weighted by Crippen LogP contribution is -2.46. The van der Waals surface area contributed by atoms with Gasteiger partial charge >= 0.3 is 5.97 Å². The maximum absolute atomic E-state index is 13.3. The third-order valence-electron chi connectivity index (χ3n) is 7.53. The molecule has 4 rings (SSSR count). The molecule has 11 heteroatoms. The lowest BCUT2D eigenvalue weighted by atomic mass is 9.84. The molecule has 0 radical (unpaired) electrons. The molecule has 202 valence electrons. The largest absolute Gasteiger partial charge is 0.481 e. The van der Waals surface area contributed by atoms with Crippen molar-refractivity contribution in [3.05, 3.63) is 23.8 Å². The van der Waals surface area contributed by atoms with Crippen molar-refractivity contribution < 1.29 is 33.8 Å². The molecule has 3 atom stereocenters. The Bertz CT molecular complexity index is 1020. The molecule has 0 spiro atoms. The summed E-state index contributed by atoms with van der Waals surface area (Å²) in [6.07, 6.45) is 2.42. The number of amides is 3. The molecule has 3 aliphatic heterocycles. The van der Waals surface area contributed by atoms with E-state index >= 15 is 0 Å². The van der Waals surface area contributed by atoms with Crippen LogP contribution in [0.2, 0.25) is 0 Å². The number of carbonyl (C=O) groups excluding carboxylic acids is 3. The number of benzene rings is 1. The van der Waals surface area contributed by atoms with Crippen LogP contribution in [0.5, 0.6) is 11.5 Å². The summed E-state index contributed by atoms with van der Waals surface area (Å²) in [7, 11) is 0. The van der Waals surface area contributed by atoms with Gasteiger partial charge in [0.25, 0.3) is 0 Å². The van der Waals surface area contributed by atoms with Crippen LogP contribution in [0, 0.1) is 5.92 Å². The number of nitrogens with two attached hydrogens (primary N) is 1. The number of carbonyl (C=O) groups is 4. The van der Waals surface area contributed by atoms with Crippen LogP contribution in [0.15, 0.2) is 18.2 Å². The van der Waals surface area contributed by atoms with Gasteiger partial charge in [-0.15, -0.1) is 0 Å². The normalized spacial score (nSPS) is 23.2. The van der Waals surface area contributed by atoms with Gasteiger partial charge in [-0.1, -0.05) is 19.4 Å². The molecule has 37 heavy (non-hydrogen) atoms. The van der Waals surface area contributed by atoms with Crippen molar-refractivity contribution >= 4 is 23.7 Å². The zero-order chi connectivity index (χ0) is 26.5. The van der Waals surface area contributed by atoms with Crippen molar-refractivity contribution in [2.75, 3.05) is 46.1 Å². The Hall–Kier alpha value is -3.18. The number of imide groups is 1. The smallest absolute Gasteiger partial charge is 0.308 e. The van der Waals surface area contributed by atoms with Crippen molar-refractivity contribution in [2.45, 2.75) is 51.0 Å². The van der Waals surface area contributed by atoms with E-state index in [9.17, 15) is 24.3 Å². The minimum atomic E-state index is -0.980. The standard InChI is InChI=1S/C26H36N4O7/c1-2-3-10-28(12-9-27)24(33)15-29-14-18(17-4-5-20-21(13-17)37-16-36-20)25(26(34)35)19(29)8-11-30-22(31)6-7-23(30)32/h4-5,13,18-19,25H,2-3,6-12,14-16,27H2,1H3,(H,34,35)/t18-,19+,25-/m1/s1. The van der Waals surface area contributed by atoms with Crippen LogP contribution in [0.1, 0.15) is 50.5 Å². The van der Waals surface area contributed by atoms with Gasteiger partial charge in [0.1, 0.15) is 0 Å². The van der Waals surface area contributed by atoms with Gasteiger partial charge in [-0.25, -0.2) is 0 Å². The molecule has 0 bridgehead atoms. The number of hydrogen-bond donors (Lipinski definition) is 2. The number of fused-ring (bicyclic) bond motifs is 1. The van der Waals surface area contributed by atoms with Gasteiger partial charge < -0.3 is 25.2 Å². The zero-order valence-corrected chi connectivity index (χ0v) is 21.3. The van der Waals surface area contributed by atoms with Crippen LogP contribution < -0.4 is 15.2 Å². The Kier molecular flexibility index (Phi) is 8.65. The Morgan fingerprint density at radius 2 is 1.86 bits per heavy atom. The molecule has 0 unspecified atom stereocenters. The number of carboxylic acids is 1. The highest BCUT2D eigenvalue weighted by molar-refractivity contribution is 6.01. The summed E-state index contributed by atoms with van der Waals surface area (Å²) < 4.78 is 10.9. The first-order valence-electron chi connectivity index (χ1n) is 13.0. The van der Waals surface area contributed by atoms with E-state index < -0.39 is 23.8 Å². The molecule has 3 N–H and O–H groups in total. The van der Waals surface area contributed by atoms with E-state index in [1.54, 1.807) is 17.0 Å². The molecule has 2 saturated heterocycles. The molecule has 11 nitrogen and oxygen atoms in total. The molecule has 3 aliphatic rings. The van der Waals surface area contributed by atoms with Crippen molar-refractivity contribution in [3.63, 3.8) is 0 Å². The van der Waals surface area contributed by atoms with E-state index in [0.717, 1.165) is 18.4 Å². The maximum Gasteiger partial charge on any atom is 0.308 e. The molecule has 3 heterocycles. The summed E-state index contributed by atoms with van der Waals surface area (Å²) in [6.45, 7) is 4.05. The first kappa shape index (κ1) is 26.9. The van der Waals surface area contributed by atoms with Gasteiger partial charge in [-0.2, -0.15) is 0 Å². The second-order valence-corrected chi connectivity index (χ2v) is 9.83. The third-order valence-corrected chi connectivity index (χ3v) is 7.53. The average molecular weight is 517 g/mol. The Morgan fingerprint density at radius 1 is 1.14 bits per heavy atom. The molecule has 1 aromatic rings. The van der Waals surface area contributed by atoms with Gasteiger partial charge in [-0.05, 0) is 30.5 Å². The van der Waals surface area contributed by atoms with Crippen molar-refractivity contribution in [2.24, 2.45) is 11.7 Å². The molecular weight excluding hydrogens is 480 g/mol. The van der Waals surface area contributed by atoms with Crippen LogP contribution in [-0.2, 0) is 19.2 Å². The summed E-state index contributed by atoms with van der Waals surface area (Å²) >= 11 is 0. The van der Waals surface area contributed by atoms with Crippen molar-refractivity contribution in [1.82, 2.24) is 14.7 Å². The third kappa shape index (κ3) is 5.88. The molecule has 3 amide bonds. The number of likely N-dealkylation sites (tertiary alicyclic amines) is 2. The van der Waals surface area contributed by atoms with Crippen LogP contribution >= 0.6 is 0 Å². The number of carboxylic acid groups (broad SMARTS) is 1. The predicted octanol–water partition coefficient (Wildman–Crippen LogP) is 1.01. The summed E-state index contributed by atoms with van der Waals surface area (Å²) in [5.74, 6) is -1.63. The monoisotopic (exact) mass is 516 g/mol. The highest BCUT2D eigenvalue weighted by Gasteiger charge is 2.48. The van der Waals surface area contributed by atoms with Gasteiger partial charge in [0.2, 0.25) is 24.5 Å². The Balaban J connectivity index is 1.59. The summed E-state index contributed by atoms with van der Waals surface area (Å²) in [5.41, 5.74) is 6.53. The summed E-state index contributed by atoms with van der Waals surface area (Å²) in [5, 5.41) is 10.3. The fraction of sp³-hybridized carbons (Fsp3) is 0.615. The van der Waals surface area contributed by atoms with Crippen molar-refractivity contribution in [3.8, 4) is 11.5 Å². The number of unbranched alkanes of at least 4 members (excludes halogenated alkanes) is 1. The van der Waals surface area contributed by atoms with Crippen LogP contribution in [0.4, 0.5) is 0 Å². The first-order chi connectivity index (χ1) is 17.8. The average Bonchev–Trinajstić information content (AvgIpc) is 3.57. The number of aliphatic carboxylic acids is 1. The second kappa shape index (κ2) is 11.9. The van der Waals surface area contributed by atoms with E-state index in [2.05, 4.69) is 6.92 Å². The number of nitrogens with zero attached hydrogens (tertiary/aromatic N) is 3. The quantitative estimate of drug-likeness (QED) is 0.389. The van der Waals surface area contributed by atoms with E-state index in [4.69, 9.17) is 15.2 Å². The predicted molar refractivity (Wildman–Crippen MR) is 133 cm³/mol. The molecule has 0 aliphatic carbocycles. The first-order valence-corrected chi connectivity index (χ1v) is 13.0. The van der Waals surface area contributed by atoms with Crippen LogP contribution in [-0.4, -0.2) is 95.6 Å². The van der Waals surface area contributed by atoms with Crippen molar-refractivity contribution in [1.29, 1.82) is 0 Å². The Labute approximate surface area is 216 Å². The molecule has 0 saturated carbocycles. The summed E-state index contributed by atoms with van der Waals surface area (Å²) in [4.78, 5) is 55.2. The van der Waals surface area contributed by atoms with Gasteiger partial charge in [-0.3, -0.25) is 29.0 Å². The molecule has 0 aromatic heterocycles. The minimum absolute atomic E-state index is 0.0428. The van der Waals surface area contributed by atoms with E-state index in [1.165, 1.54) is 4.90 Å². The lowest BCUT2D eigenvalue weighted by Gasteiger charge is -2.30. The van der Waals surface area contributed by atoms with E-state index in [0.29, 0.717) is 37.7 Å². The summed E-state index contributed by atoms with van der Waals surface area (Å²) in [6, 6.07) is 4.88. The number of rotatable bonds is 12. The topological polar surface area (TPSA) is 143 Å². The number of hydrogen-bond acceptors (Lipinski definition) is 8. The molecule has 1 aromatic carbocycles. The van der Waals surface area contributed by atoms with E-state index in [1.807, 2.05) is 11.0 Å². The fourth-order valence-electron chi connectivity index (χ4n) is 5.61. The highest BCUT2D eigenvalue weighted by Crippen LogP contribution is 2.42. The highest BCUT2D eigenvalue weighted by atomic mass is 16.7.